The second-order valence-corrected chi connectivity index (χ2v) is 4.85. The van der Waals surface area contributed by atoms with Gasteiger partial charge in [-0.15, -0.1) is 0 Å². The molecule has 0 bridgehead atoms. The molecular weight excluding hydrogens is 343 g/mol. The van der Waals surface area contributed by atoms with Crippen molar-refractivity contribution in [1.29, 1.82) is 0 Å². The molecule has 0 amide bonds. The minimum absolute atomic E-state index is 0.245. The van der Waals surface area contributed by atoms with Crippen LogP contribution in [0.3, 0.4) is 0 Å². The fraction of sp³-hybridized carbons (Fsp3) is 0.167. The molecule has 6 heteroatoms. The molecule has 1 unspecified atom stereocenters. The Morgan fingerprint density at radius 2 is 1.89 bits per heavy atom. The molecule has 2 aromatic rings. The lowest BCUT2D eigenvalue weighted by atomic mass is 10.0. The van der Waals surface area contributed by atoms with Crippen molar-refractivity contribution >= 4 is 22.6 Å². The van der Waals surface area contributed by atoms with E-state index in [1.165, 1.54) is 3.57 Å². The number of benzene rings is 1. The molecule has 0 saturated carbocycles. The normalized spacial score (nSPS) is 12.2. The van der Waals surface area contributed by atoms with Crippen molar-refractivity contribution in [2.45, 2.75) is 6.04 Å². The summed E-state index contributed by atoms with van der Waals surface area (Å²) >= 11 is 2.26. The molecule has 5 nitrogen and oxygen atoms in total. The SMILES string of the molecule is COc1nccnc1C(NN)c1ccc(I)cc1. The van der Waals surface area contributed by atoms with Crippen molar-refractivity contribution in [1.82, 2.24) is 15.4 Å². The molecule has 1 aromatic heterocycles. The van der Waals surface area contributed by atoms with E-state index in [1.807, 2.05) is 24.3 Å². The Morgan fingerprint density at radius 3 is 2.50 bits per heavy atom. The number of rotatable bonds is 4. The van der Waals surface area contributed by atoms with Gasteiger partial charge < -0.3 is 4.74 Å². The maximum absolute atomic E-state index is 5.62. The lowest BCUT2D eigenvalue weighted by Gasteiger charge is -2.17. The number of hydrogen-bond acceptors (Lipinski definition) is 5. The maximum atomic E-state index is 5.62. The van der Waals surface area contributed by atoms with Crippen molar-refractivity contribution in [2.24, 2.45) is 5.84 Å². The second kappa shape index (κ2) is 6.07. The van der Waals surface area contributed by atoms with Crippen LogP contribution in [0.2, 0.25) is 0 Å². The topological polar surface area (TPSA) is 73.1 Å². The van der Waals surface area contributed by atoms with Crippen molar-refractivity contribution < 1.29 is 4.74 Å². The van der Waals surface area contributed by atoms with Crippen LogP contribution in [0.15, 0.2) is 36.7 Å². The lowest BCUT2D eigenvalue weighted by Crippen LogP contribution is -2.30. The van der Waals surface area contributed by atoms with Crippen molar-refractivity contribution in [2.75, 3.05) is 7.11 Å². The van der Waals surface area contributed by atoms with Crippen LogP contribution in [0.25, 0.3) is 0 Å². The molecule has 0 radical (unpaired) electrons. The van der Waals surface area contributed by atoms with Gasteiger partial charge in [-0.3, -0.25) is 10.8 Å². The van der Waals surface area contributed by atoms with E-state index in [2.05, 4.69) is 38.0 Å². The van der Waals surface area contributed by atoms with Crippen LogP contribution in [0.4, 0.5) is 0 Å². The van der Waals surface area contributed by atoms with Gasteiger partial charge in [-0.2, -0.15) is 0 Å². The zero-order valence-electron chi connectivity index (χ0n) is 9.80. The van der Waals surface area contributed by atoms with Crippen LogP contribution in [-0.4, -0.2) is 17.1 Å². The standard InChI is InChI=1S/C12H13IN4O/c1-18-12-11(15-6-7-16-12)10(17-14)8-2-4-9(13)5-3-8/h2-7,10,17H,14H2,1H3. The molecule has 0 aliphatic rings. The van der Waals surface area contributed by atoms with Crippen molar-refractivity contribution in [3.63, 3.8) is 0 Å². The Bertz CT molecular complexity index is 518. The number of aromatic nitrogens is 2. The van der Waals surface area contributed by atoms with E-state index in [4.69, 9.17) is 10.6 Å². The number of hydrazine groups is 1. The largest absolute Gasteiger partial charge is 0.480 e. The number of nitrogens with one attached hydrogen (secondary N) is 1. The molecule has 0 spiro atoms. The number of hydrogen-bond donors (Lipinski definition) is 2. The van der Waals surface area contributed by atoms with Gasteiger partial charge in [0.15, 0.2) is 0 Å². The summed E-state index contributed by atoms with van der Waals surface area (Å²) in [6.45, 7) is 0. The molecule has 0 saturated heterocycles. The van der Waals surface area contributed by atoms with E-state index < -0.39 is 0 Å². The number of methoxy groups -OCH3 is 1. The van der Waals surface area contributed by atoms with E-state index in [0.717, 1.165) is 5.56 Å². The summed E-state index contributed by atoms with van der Waals surface area (Å²) in [7, 11) is 1.56. The molecule has 2 rings (SSSR count). The first-order chi connectivity index (χ1) is 8.76. The Labute approximate surface area is 119 Å². The highest BCUT2D eigenvalue weighted by Crippen LogP contribution is 2.25. The minimum atomic E-state index is -0.245. The molecule has 0 fully saturated rings. The van der Waals surface area contributed by atoms with E-state index in [9.17, 15) is 0 Å². The Balaban J connectivity index is 2.41. The zero-order chi connectivity index (χ0) is 13.0. The number of nitrogens with zero attached hydrogens (tertiary/aromatic N) is 2. The molecule has 94 valence electrons. The van der Waals surface area contributed by atoms with Gasteiger partial charge in [0.25, 0.3) is 0 Å². The molecular formula is C12H13IN4O. The predicted molar refractivity (Wildman–Crippen MR) is 76.9 cm³/mol. The molecule has 1 aromatic carbocycles. The molecule has 1 atom stereocenters. The maximum Gasteiger partial charge on any atom is 0.237 e. The minimum Gasteiger partial charge on any atom is -0.480 e. The van der Waals surface area contributed by atoms with E-state index in [-0.39, 0.29) is 6.04 Å². The Hall–Kier alpha value is -1.25. The van der Waals surface area contributed by atoms with Gasteiger partial charge in [0.2, 0.25) is 5.88 Å². The third-order valence-electron chi connectivity index (χ3n) is 2.53. The zero-order valence-corrected chi connectivity index (χ0v) is 12.0. The molecule has 1 heterocycles. The van der Waals surface area contributed by atoms with Gasteiger partial charge in [-0.25, -0.2) is 10.4 Å². The van der Waals surface area contributed by atoms with Gasteiger partial charge in [-0.05, 0) is 40.3 Å². The van der Waals surface area contributed by atoms with E-state index >= 15 is 0 Å². The second-order valence-electron chi connectivity index (χ2n) is 3.60. The summed E-state index contributed by atoms with van der Waals surface area (Å²) in [4.78, 5) is 8.41. The number of halogens is 1. The summed E-state index contributed by atoms with van der Waals surface area (Å²) in [6.07, 6.45) is 3.21. The Morgan fingerprint density at radius 1 is 1.22 bits per heavy atom. The highest BCUT2D eigenvalue weighted by Gasteiger charge is 2.19. The quantitative estimate of drug-likeness (QED) is 0.495. The molecule has 0 aliphatic heterocycles. The lowest BCUT2D eigenvalue weighted by molar-refractivity contribution is 0.383. The summed E-state index contributed by atoms with van der Waals surface area (Å²) < 4.78 is 6.37. The van der Waals surface area contributed by atoms with Gasteiger partial charge >= 0.3 is 0 Å². The highest BCUT2D eigenvalue weighted by molar-refractivity contribution is 14.1. The highest BCUT2D eigenvalue weighted by atomic mass is 127. The molecule has 0 aliphatic carbocycles. The summed E-state index contributed by atoms with van der Waals surface area (Å²) in [5.41, 5.74) is 4.42. The summed E-state index contributed by atoms with van der Waals surface area (Å²) in [5.74, 6) is 6.09. The van der Waals surface area contributed by atoms with Crippen LogP contribution in [-0.2, 0) is 0 Å². The van der Waals surface area contributed by atoms with E-state index in [0.29, 0.717) is 11.6 Å². The summed E-state index contributed by atoms with van der Waals surface area (Å²) in [5, 5.41) is 0. The average molecular weight is 356 g/mol. The first-order valence-electron chi connectivity index (χ1n) is 5.32. The first kappa shape index (κ1) is 13.2. The van der Waals surface area contributed by atoms with Crippen LogP contribution < -0.4 is 16.0 Å². The average Bonchev–Trinajstić information content (AvgIpc) is 2.42. The molecule has 3 N–H and O–H groups in total. The summed E-state index contributed by atoms with van der Waals surface area (Å²) in [6, 6.07) is 7.79. The van der Waals surface area contributed by atoms with Crippen LogP contribution >= 0.6 is 22.6 Å². The van der Waals surface area contributed by atoms with Crippen LogP contribution in [0.5, 0.6) is 5.88 Å². The third kappa shape index (κ3) is 2.77. The fourth-order valence-corrected chi connectivity index (χ4v) is 2.04. The monoisotopic (exact) mass is 356 g/mol. The van der Waals surface area contributed by atoms with Gasteiger partial charge in [0.05, 0.1) is 13.2 Å². The number of ether oxygens (including phenoxy) is 1. The van der Waals surface area contributed by atoms with Crippen molar-refractivity contribution in [3.8, 4) is 5.88 Å². The van der Waals surface area contributed by atoms with Gasteiger partial charge in [-0.1, -0.05) is 12.1 Å². The predicted octanol–water partition coefficient (Wildman–Crippen LogP) is 1.64. The van der Waals surface area contributed by atoms with Gasteiger partial charge in [0.1, 0.15) is 5.69 Å². The first-order valence-corrected chi connectivity index (χ1v) is 6.40. The smallest absolute Gasteiger partial charge is 0.237 e. The molecule has 18 heavy (non-hydrogen) atoms. The van der Waals surface area contributed by atoms with E-state index in [1.54, 1.807) is 19.5 Å². The van der Waals surface area contributed by atoms with Gasteiger partial charge in [0, 0.05) is 16.0 Å². The number of nitrogens with two attached hydrogens (primary N) is 1. The van der Waals surface area contributed by atoms with Crippen LogP contribution in [0, 0.1) is 3.57 Å². The third-order valence-corrected chi connectivity index (χ3v) is 3.25. The fourth-order valence-electron chi connectivity index (χ4n) is 1.68. The van der Waals surface area contributed by atoms with Crippen molar-refractivity contribution in [3.05, 3.63) is 51.5 Å². The Kier molecular flexibility index (Phi) is 4.45. The van der Waals surface area contributed by atoms with Crippen LogP contribution in [0.1, 0.15) is 17.3 Å².